The van der Waals surface area contributed by atoms with Crippen LogP contribution in [-0.4, -0.2) is 18.1 Å². The van der Waals surface area contributed by atoms with Gasteiger partial charge < -0.3 is 4.74 Å². The van der Waals surface area contributed by atoms with E-state index in [1.54, 1.807) is 30.3 Å². The Balaban J connectivity index is 2.29. The molecule has 0 saturated heterocycles. The number of carbonyl (C=O) groups is 1. The van der Waals surface area contributed by atoms with Crippen LogP contribution in [0.5, 0.6) is 0 Å². The summed E-state index contributed by atoms with van der Waals surface area (Å²) in [5, 5.41) is 1.45. The number of rotatable bonds is 2. The lowest BCUT2D eigenvalue weighted by Crippen LogP contribution is -2.00. The molecular formula is C17H11ClFNO2. The third kappa shape index (κ3) is 2.42. The lowest BCUT2D eigenvalue weighted by Gasteiger charge is -2.09. The highest BCUT2D eigenvalue weighted by Crippen LogP contribution is 2.32. The monoisotopic (exact) mass is 315 g/mol. The van der Waals surface area contributed by atoms with E-state index in [2.05, 4.69) is 4.98 Å². The first-order valence-electron chi connectivity index (χ1n) is 6.53. The third-order valence-corrected chi connectivity index (χ3v) is 3.70. The number of nitrogens with zero attached hydrogens (tertiary/aromatic N) is 1. The molecular weight excluding hydrogens is 305 g/mol. The quantitative estimate of drug-likeness (QED) is 0.517. The van der Waals surface area contributed by atoms with E-state index < -0.39 is 11.8 Å². The van der Waals surface area contributed by atoms with Crippen molar-refractivity contribution in [2.75, 3.05) is 7.11 Å². The summed E-state index contributed by atoms with van der Waals surface area (Å²) in [6.07, 6.45) is 1.45. The van der Waals surface area contributed by atoms with Gasteiger partial charge in [-0.05, 0) is 34.5 Å². The second kappa shape index (κ2) is 5.73. The smallest absolute Gasteiger partial charge is 0.337 e. The molecule has 0 bridgehead atoms. The number of pyridine rings is 1. The molecule has 0 aliphatic carbocycles. The van der Waals surface area contributed by atoms with E-state index in [4.69, 9.17) is 16.3 Å². The number of carbonyl (C=O) groups excluding carboxylic acids is 1. The fourth-order valence-electron chi connectivity index (χ4n) is 2.38. The number of fused-ring (bicyclic) bond motifs is 1. The number of esters is 1. The zero-order valence-electron chi connectivity index (χ0n) is 11.6. The van der Waals surface area contributed by atoms with Gasteiger partial charge in [0.05, 0.1) is 12.7 Å². The first kappa shape index (κ1) is 14.5. The summed E-state index contributed by atoms with van der Waals surface area (Å²) in [6.45, 7) is 0. The van der Waals surface area contributed by atoms with Crippen LogP contribution in [-0.2, 0) is 4.74 Å². The Kier molecular flexibility index (Phi) is 3.77. The van der Waals surface area contributed by atoms with Crippen molar-refractivity contribution in [1.29, 1.82) is 0 Å². The van der Waals surface area contributed by atoms with Gasteiger partial charge in [0, 0.05) is 11.8 Å². The van der Waals surface area contributed by atoms with E-state index in [9.17, 15) is 9.18 Å². The predicted octanol–water partition coefficient (Wildman–Crippen LogP) is 4.48. The standard InChI is InChI=1S/C17H11ClFNO2/c1-22-17(21)11-6-5-10-3-2-4-12(14(10)9-11)13-7-8-20-16(18)15(13)19/h2-9H,1H3. The van der Waals surface area contributed by atoms with Crippen LogP contribution in [0.25, 0.3) is 21.9 Å². The van der Waals surface area contributed by atoms with Gasteiger partial charge >= 0.3 is 5.97 Å². The van der Waals surface area contributed by atoms with Crippen LogP contribution >= 0.6 is 11.6 Å². The maximum absolute atomic E-state index is 14.3. The van der Waals surface area contributed by atoms with Gasteiger partial charge in [-0.1, -0.05) is 35.9 Å². The molecule has 3 nitrogen and oxygen atoms in total. The molecule has 0 amide bonds. The van der Waals surface area contributed by atoms with Gasteiger partial charge in [0.2, 0.25) is 0 Å². The molecule has 3 rings (SSSR count). The summed E-state index contributed by atoms with van der Waals surface area (Å²) in [5.41, 5.74) is 1.39. The van der Waals surface area contributed by atoms with E-state index in [1.165, 1.54) is 13.3 Å². The molecule has 22 heavy (non-hydrogen) atoms. The van der Waals surface area contributed by atoms with Gasteiger partial charge in [0.25, 0.3) is 0 Å². The number of aromatic nitrogens is 1. The number of hydrogen-bond donors (Lipinski definition) is 0. The lowest BCUT2D eigenvalue weighted by atomic mass is 9.97. The molecule has 0 atom stereocenters. The van der Waals surface area contributed by atoms with E-state index in [-0.39, 0.29) is 5.15 Å². The highest BCUT2D eigenvalue weighted by molar-refractivity contribution is 6.29. The average molecular weight is 316 g/mol. The van der Waals surface area contributed by atoms with E-state index in [0.29, 0.717) is 16.7 Å². The molecule has 0 N–H and O–H groups in total. The molecule has 1 heterocycles. The van der Waals surface area contributed by atoms with Crippen LogP contribution < -0.4 is 0 Å². The zero-order chi connectivity index (χ0) is 15.7. The summed E-state index contributed by atoms with van der Waals surface area (Å²) in [6, 6.07) is 12.2. The van der Waals surface area contributed by atoms with Crippen molar-refractivity contribution in [3.8, 4) is 11.1 Å². The molecule has 2 aromatic carbocycles. The zero-order valence-corrected chi connectivity index (χ0v) is 12.4. The molecule has 0 aliphatic rings. The summed E-state index contributed by atoms with van der Waals surface area (Å²) < 4.78 is 19.0. The van der Waals surface area contributed by atoms with Gasteiger partial charge in [-0.15, -0.1) is 0 Å². The Morgan fingerprint density at radius 1 is 1.18 bits per heavy atom. The topological polar surface area (TPSA) is 39.2 Å². The highest BCUT2D eigenvalue weighted by atomic mass is 35.5. The van der Waals surface area contributed by atoms with Crippen LogP contribution in [0, 0.1) is 5.82 Å². The van der Waals surface area contributed by atoms with Crippen molar-refractivity contribution in [3.05, 3.63) is 65.2 Å². The number of hydrogen-bond acceptors (Lipinski definition) is 3. The van der Waals surface area contributed by atoms with Gasteiger partial charge in [-0.2, -0.15) is 0 Å². The van der Waals surface area contributed by atoms with Crippen molar-refractivity contribution in [3.63, 3.8) is 0 Å². The summed E-state index contributed by atoms with van der Waals surface area (Å²) in [7, 11) is 1.32. The van der Waals surface area contributed by atoms with E-state index in [1.807, 2.05) is 12.1 Å². The second-order valence-corrected chi connectivity index (χ2v) is 5.05. The van der Waals surface area contributed by atoms with Crippen LogP contribution in [0.4, 0.5) is 4.39 Å². The van der Waals surface area contributed by atoms with Crippen LogP contribution in [0.2, 0.25) is 5.15 Å². The summed E-state index contributed by atoms with van der Waals surface area (Å²) >= 11 is 5.76. The van der Waals surface area contributed by atoms with E-state index in [0.717, 1.165) is 10.8 Å². The molecule has 5 heteroatoms. The largest absolute Gasteiger partial charge is 0.465 e. The van der Waals surface area contributed by atoms with Gasteiger partial charge in [0.15, 0.2) is 11.0 Å². The maximum Gasteiger partial charge on any atom is 0.337 e. The van der Waals surface area contributed by atoms with Crippen molar-refractivity contribution < 1.29 is 13.9 Å². The average Bonchev–Trinajstić information content (AvgIpc) is 2.55. The fraction of sp³-hybridized carbons (Fsp3) is 0.0588. The van der Waals surface area contributed by atoms with Crippen molar-refractivity contribution >= 4 is 28.3 Å². The number of ether oxygens (including phenoxy) is 1. The van der Waals surface area contributed by atoms with Gasteiger partial charge in [-0.25, -0.2) is 14.2 Å². The Bertz CT molecular complexity index is 880. The van der Waals surface area contributed by atoms with Crippen LogP contribution in [0.15, 0.2) is 48.7 Å². The number of methoxy groups -OCH3 is 1. The van der Waals surface area contributed by atoms with Crippen LogP contribution in [0.3, 0.4) is 0 Å². The molecule has 1 aromatic heterocycles. The SMILES string of the molecule is COC(=O)c1ccc2cccc(-c3ccnc(Cl)c3F)c2c1. The van der Waals surface area contributed by atoms with Crippen molar-refractivity contribution in [2.45, 2.75) is 0 Å². The molecule has 0 fully saturated rings. The Morgan fingerprint density at radius 2 is 2.00 bits per heavy atom. The number of benzene rings is 2. The normalized spacial score (nSPS) is 10.7. The first-order chi connectivity index (χ1) is 10.6. The van der Waals surface area contributed by atoms with Crippen LogP contribution in [0.1, 0.15) is 10.4 Å². The molecule has 110 valence electrons. The Morgan fingerprint density at radius 3 is 2.77 bits per heavy atom. The number of halogens is 2. The molecule has 0 radical (unpaired) electrons. The minimum Gasteiger partial charge on any atom is -0.465 e. The highest BCUT2D eigenvalue weighted by Gasteiger charge is 2.14. The first-order valence-corrected chi connectivity index (χ1v) is 6.91. The van der Waals surface area contributed by atoms with Crippen molar-refractivity contribution in [1.82, 2.24) is 4.98 Å². The maximum atomic E-state index is 14.3. The lowest BCUT2D eigenvalue weighted by molar-refractivity contribution is 0.0601. The molecule has 3 aromatic rings. The molecule has 0 spiro atoms. The molecule has 0 aliphatic heterocycles. The Hall–Kier alpha value is -2.46. The summed E-state index contributed by atoms with van der Waals surface area (Å²) in [5.74, 6) is -1.02. The third-order valence-electron chi connectivity index (χ3n) is 3.44. The Labute approximate surface area is 131 Å². The van der Waals surface area contributed by atoms with Gasteiger partial charge in [0.1, 0.15) is 0 Å². The minimum absolute atomic E-state index is 0.182. The van der Waals surface area contributed by atoms with E-state index >= 15 is 0 Å². The molecule has 0 unspecified atom stereocenters. The molecule has 0 saturated carbocycles. The summed E-state index contributed by atoms with van der Waals surface area (Å²) in [4.78, 5) is 15.4. The minimum atomic E-state index is -0.583. The second-order valence-electron chi connectivity index (χ2n) is 4.70. The van der Waals surface area contributed by atoms with Crippen molar-refractivity contribution in [2.24, 2.45) is 0 Å². The fourth-order valence-corrected chi connectivity index (χ4v) is 2.54. The predicted molar refractivity (Wildman–Crippen MR) is 83.5 cm³/mol. The van der Waals surface area contributed by atoms with Gasteiger partial charge in [-0.3, -0.25) is 0 Å².